The fourth-order valence-electron chi connectivity index (χ4n) is 5.31. The summed E-state index contributed by atoms with van der Waals surface area (Å²) in [5.74, 6) is 3.18. The molecular weight excluding hydrogens is 440 g/mol. The lowest BCUT2D eigenvalue weighted by atomic mass is 9.77. The first-order chi connectivity index (χ1) is 15.0. The van der Waals surface area contributed by atoms with E-state index in [1.54, 1.807) is 12.4 Å². The Kier molecular flexibility index (Phi) is 4.59. The van der Waals surface area contributed by atoms with E-state index >= 15 is 0 Å². The Morgan fingerprint density at radius 1 is 1.29 bits per heavy atom. The summed E-state index contributed by atoms with van der Waals surface area (Å²) in [4.78, 5) is 21.0. The van der Waals surface area contributed by atoms with E-state index < -0.39 is 16.3 Å². The number of aliphatic hydroxyl groups excluding tert-OH is 1. The number of ether oxygens (including phenoxy) is 1. The molecular formula is C20H23ClN6O3S. The number of fused-ring (bicyclic) bond motifs is 3. The van der Waals surface area contributed by atoms with Crippen LogP contribution in [0.5, 0.6) is 5.88 Å². The molecule has 2 aromatic heterocycles. The van der Waals surface area contributed by atoms with E-state index in [1.807, 2.05) is 0 Å². The third-order valence-corrected chi connectivity index (χ3v) is 8.47. The number of nitrogens with one attached hydrogen (secondary N) is 1. The van der Waals surface area contributed by atoms with E-state index in [1.165, 1.54) is 0 Å². The normalized spacial score (nSPS) is 30.1. The Labute approximate surface area is 187 Å². The summed E-state index contributed by atoms with van der Waals surface area (Å²) < 4.78 is 18.1. The van der Waals surface area contributed by atoms with Crippen molar-refractivity contribution in [3.63, 3.8) is 0 Å². The molecule has 2 N–H and O–H groups in total. The molecule has 2 saturated carbocycles. The zero-order valence-electron chi connectivity index (χ0n) is 16.8. The van der Waals surface area contributed by atoms with Crippen LogP contribution in [0.15, 0.2) is 17.3 Å². The first kappa shape index (κ1) is 19.6. The van der Waals surface area contributed by atoms with E-state index in [9.17, 15) is 9.32 Å². The molecule has 3 unspecified atom stereocenters. The first-order valence-electron chi connectivity index (χ1n) is 10.6. The van der Waals surface area contributed by atoms with Gasteiger partial charge in [0.1, 0.15) is 21.5 Å². The molecule has 4 heterocycles. The summed E-state index contributed by atoms with van der Waals surface area (Å²) in [6.07, 6.45) is 8.06. The number of rotatable bonds is 5. The van der Waals surface area contributed by atoms with Crippen LogP contribution in [0.25, 0.3) is 0 Å². The minimum absolute atomic E-state index is 0.0196. The maximum Gasteiger partial charge on any atom is 0.238 e. The van der Waals surface area contributed by atoms with E-state index in [2.05, 4.69) is 25.2 Å². The van der Waals surface area contributed by atoms with Gasteiger partial charge in [0, 0.05) is 30.9 Å². The van der Waals surface area contributed by atoms with E-state index in [0.717, 1.165) is 44.5 Å². The van der Waals surface area contributed by atoms with Gasteiger partial charge in [-0.05, 0) is 38.0 Å². The van der Waals surface area contributed by atoms with Gasteiger partial charge in [0.2, 0.25) is 11.8 Å². The highest BCUT2D eigenvalue weighted by atomic mass is 35.5. The van der Waals surface area contributed by atoms with Gasteiger partial charge in [0.25, 0.3) is 0 Å². The second-order valence-electron chi connectivity index (χ2n) is 8.93. The average molecular weight is 463 g/mol. The van der Waals surface area contributed by atoms with Crippen LogP contribution < -0.4 is 15.0 Å². The van der Waals surface area contributed by atoms with E-state index in [4.69, 9.17) is 21.3 Å². The van der Waals surface area contributed by atoms with Crippen molar-refractivity contribution in [3.05, 3.63) is 23.2 Å². The van der Waals surface area contributed by atoms with Gasteiger partial charge >= 0.3 is 0 Å². The lowest BCUT2D eigenvalue weighted by Gasteiger charge is -2.41. The van der Waals surface area contributed by atoms with Crippen LogP contribution in [0.2, 0.25) is 5.02 Å². The Bertz CT molecular complexity index is 1040. The zero-order valence-corrected chi connectivity index (χ0v) is 18.4. The Hall–Kier alpha value is -2.04. The van der Waals surface area contributed by atoms with Gasteiger partial charge in [0.05, 0.1) is 17.2 Å². The molecule has 164 valence electrons. The van der Waals surface area contributed by atoms with Gasteiger partial charge in [-0.25, -0.2) is 9.97 Å². The van der Waals surface area contributed by atoms with Crippen LogP contribution in [0.4, 0.5) is 11.8 Å². The van der Waals surface area contributed by atoms with Crippen LogP contribution in [-0.4, -0.2) is 59.9 Å². The highest BCUT2D eigenvalue weighted by molar-refractivity contribution is 7.85. The van der Waals surface area contributed by atoms with Crippen LogP contribution in [0.1, 0.15) is 43.8 Å². The lowest BCUT2D eigenvalue weighted by Crippen LogP contribution is -2.48. The van der Waals surface area contributed by atoms with E-state index in [-0.39, 0.29) is 12.5 Å². The smallest absolute Gasteiger partial charge is 0.238 e. The number of halogens is 1. The first-order valence-corrected chi connectivity index (χ1v) is 12.3. The molecule has 3 fully saturated rings. The van der Waals surface area contributed by atoms with Crippen molar-refractivity contribution < 1.29 is 14.1 Å². The van der Waals surface area contributed by atoms with E-state index in [0.29, 0.717) is 45.4 Å². The van der Waals surface area contributed by atoms with Crippen molar-refractivity contribution in [2.75, 3.05) is 29.3 Å². The summed E-state index contributed by atoms with van der Waals surface area (Å²) in [6, 6.07) is 0.294. The molecule has 9 nitrogen and oxygen atoms in total. The Balaban J connectivity index is 1.28. The van der Waals surface area contributed by atoms with Crippen molar-refractivity contribution in [3.8, 4) is 5.88 Å². The lowest BCUT2D eigenvalue weighted by molar-refractivity contribution is 0.143. The molecule has 2 aliphatic carbocycles. The minimum Gasteiger partial charge on any atom is -0.463 e. The van der Waals surface area contributed by atoms with Crippen LogP contribution in [0.3, 0.4) is 0 Å². The third-order valence-electron chi connectivity index (χ3n) is 7.12. The highest BCUT2D eigenvalue weighted by Crippen LogP contribution is 2.48. The maximum absolute atomic E-state index is 12.5. The van der Waals surface area contributed by atoms with Gasteiger partial charge in [-0.3, -0.25) is 4.21 Å². The van der Waals surface area contributed by atoms with Crippen LogP contribution in [-0.2, 0) is 10.8 Å². The van der Waals surface area contributed by atoms with Gasteiger partial charge < -0.3 is 20.1 Å². The molecule has 1 saturated heterocycles. The second kappa shape index (κ2) is 7.25. The number of aliphatic hydroxyl groups is 1. The number of aromatic nitrogens is 4. The standard InChI is InChI=1S/C20H23ClN6O3S/c21-12-6-22-16(23-7-12)14-5-13-4-11(14)8-27(13)19-24-17(26-20(9-28)2-1-3-20)15-18(25-19)30-10-31(15)29/h6-7,11,13-14,28H,1-5,8-10H2,(H,24,25,26)/t11?,13?,14?,31-/m1/s1. The van der Waals surface area contributed by atoms with Crippen molar-refractivity contribution in [1.29, 1.82) is 0 Å². The maximum atomic E-state index is 12.5. The quantitative estimate of drug-likeness (QED) is 0.689. The number of hydrogen-bond acceptors (Lipinski definition) is 9. The summed E-state index contributed by atoms with van der Waals surface area (Å²) >= 11 is 5.94. The Morgan fingerprint density at radius 2 is 2.10 bits per heavy atom. The minimum atomic E-state index is -1.31. The SMILES string of the molecule is O=[S@@]1COc2nc(N3CC4CC3CC4c3ncc(Cl)cn3)nc(NC3(CO)CCC3)c21. The van der Waals surface area contributed by atoms with Crippen molar-refractivity contribution in [1.82, 2.24) is 19.9 Å². The molecule has 2 aliphatic heterocycles. The largest absolute Gasteiger partial charge is 0.463 e. The fourth-order valence-corrected chi connectivity index (χ4v) is 6.35. The molecule has 31 heavy (non-hydrogen) atoms. The molecule has 2 aromatic rings. The second-order valence-corrected chi connectivity index (χ2v) is 10.7. The predicted molar refractivity (Wildman–Crippen MR) is 115 cm³/mol. The highest BCUT2D eigenvalue weighted by Gasteiger charge is 2.48. The third kappa shape index (κ3) is 3.18. The fraction of sp³-hybridized carbons (Fsp3) is 0.600. The van der Waals surface area contributed by atoms with Gasteiger partial charge in [-0.1, -0.05) is 11.6 Å². The summed E-state index contributed by atoms with van der Waals surface area (Å²) in [6.45, 7) is 0.833. The molecule has 0 aromatic carbocycles. The van der Waals surface area contributed by atoms with Gasteiger partial charge in [-0.2, -0.15) is 9.97 Å². The zero-order chi connectivity index (χ0) is 21.2. The van der Waals surface area contributed by atoms with Crippen molar-refractivity contribution in [2.24, 2.45) is 5.92 Å². The molecule has 0 radical (unpaired) electrons. The molecule has 11 heteroatoms. The van der Waals surface area contributed by atoms with Crippen molar-refractivity contribution in [2.45, 2.75) is 54.5 Å². The summed E-state index contributed by atoms with van der Waals surface area (Å²) in [5, 5.41) is 13.8. The topological polar surface area (TPSA) is 113 Å². The monoisotopic (exact) mass is 462 g/mol. The van der Waals surface area contributed by atoms with Gasteiger partial charge in [-0.15, -0.1) is 0 Å². The summed E-state index contributed by atoms with van der Waals surface area (Å²) in [7, 11) is -1.31. The number of hydrogen-bond donors (Lipinski definition) is 2. The van der Waals surface area contributed by atoms with Crippen LogP contribution >= 0.6 is 11.6 Å². The van der Waals surface area contributed by atoms with Crippen molar-refractivity contribution >= 4 is 34.2 Å². The molecule has 6 rings (SSSR count). The average Bonchev–Trinajstić information content (AvgIpc) is 3.45. The molecule has 0 amide bonds. The number of anilines is 2. The molecule has 4 aliphatic rings. The summed E-state index contributed by atoms with van der Waals surface area (Å²) in [5.41, 5.74) is -0.396. The number of piperidine rings is 1. The van der Waals surface area contributed by atoms with Gasteiger partial charge in [0.15, 0.2) is 11.8 Å². The Morgan fingerprint density at radius 3 is 2.74 bits per heavy atom. The van der Waals surface area contributed by atoms with Crippen LogP contribution in [0, 0.1) is 5.92 Å². The molecule has 2 bridgehead atoms. The molecule has 0 spiro atoms. The molecule has 4 atom stereocenters. The predicted octanol–water partition coefficient (Wildman–Crippen LogP) is 2.09. The number of nitrogens with zero attached hydrogens (tertiary/aromatic N) is 5.